The zero-order valence-electron chi connectivity index (χ0n) is 21.1. The SMILES string of the molecule is CNC(=O)Cc1cc(Cl)ccc1OC(C(=O)Nn1c(C)cnc(NCCN2CCOCC2)c1=O)C1CC1. The Bertz CT molecular complexity index is 1180. The van der Waals surface area contributed by atoms with E-state index in [2.05, 4.69) is 25.9 Å². The summed E-state index contributed by atoms with van der Waals surface area (Å²) in [6.45, 7) is 6.10. The molecule has 1 unspecified atom stereocenters. The maximum Gasteiger partial charge on any atom is 0.312 e. The van der Waals surface area contributed by atoms with Crippen LogP contribution in [0.4, 0.5) is 5.82 Å². The van der Waals surface area contributed by atoms with Crippen molar-refractivity contribution in [1.29, 1.82) is 0 Å². The molecule has 0 radical (unpaired) electrons. The zero-order chi connectivity index (χ0) is 26.4. The summed E-state index contributed by atoms with van der Waals surface area (Å²) in [6, 6.07) is 4.96. The van der Waals surface area contributed by atoms with E-state index < -0.39 is 17.6 Å². The molecule has 12 heteroatoms. The number of rotatable bonds is 11. The van der Waals surface area contributed by atoms with Gasteiger partial charge in [0.25, 0.3) is 5.91 Å². The third-order valence-electron chi connectivity index (χ3n) is 6.40. The number of anilines is 1. The Kier molecular flexibility index (Phi) is 9.01. The number of amides is 2. The number of hydrogen-bond acceptors (Lipinski definition) is 8. The molecule has 37 heavy (non-hydrogen) atoms. The number of hydrogen-bond donors (Lipinski definition) is 3. The van der Waals surface area contributed by atoms with Gasteiger partial charge >= 0.3 is 5.56 Å². The van der Waals surface area contributed by atoms with Crippen LogP contribution >= 0.6 is 11.6 Å². The number of nitrogens with zero attached hydrogens (tertiary/aromatic N) is 3. The number of morpholine rings is 1. The zero-order valence-corrected chi connectivity index (χ0v) is 21.8. The minimum absolute atomic E-state index is 0.00694. The van der Waals surface area contributed by atoms with E-state index in [-0.39, 0.29) is 24.1 Å². The van der Waals surface area contributed by atoms with Crippen molar-refractivity contribution in [2.75, 3.05) is 57.2 Å². The Balaban J connectivity index is 1.46. The van der Waals surface area contributed by atoms with Crippen LogP contribution < -0.4 is 26.4 Å². The Labute approximate surface area is 220 Å². The molecule has 1 aliphatic heterocycles. The van der Waals surface area contributed by atoms with E-state index in [0.29, 0.717) is 41.8 Å². The highest BCUT2D eigenvalue weighted by Crippen LogP contribution is 2.36. The Hall–Kier alpha value is -3.15. The average Bonchev–Trinajstić information content (AvgIpc) is 3.73. The molecule has 0 spiro atoms. The number of aryl methyl sites for hydroxylation is 1. The van der Waals surface area contributed by atoms with Crippen molar-refractivity contribution in [3.05, 3.63) is 51.0 Å². The number of nitrogens with one attached hydrogen (secondary N) is 3. The van der Waals surface area contributed by atoms with E-state index in [1.807, 2.05) is 0 Å². The van der Waals surface area contributed by atoms with E-state index in [9.17, 15) is 14.4 Å². The van der Waals surface area contributed by atoms with E-state index in [0.717, 1.165) is 32.5 Å². The normalized spacial score (nSPS) is 16.6. The second-order valence-corrected chi connectivity index (χ2v) is 9.66. The maximum absolute atomic E-state index is 13.3. The highest BCUT2D eigenvalue weighted by atomic mass is 35.5. The van der Waals surface area contributed by atoms with Gasteiger partial charge in [-0.3, -0.25) is 24.7 Å². The van der Waals surface area contributed by atoms with Crippen LogP contribution in [0.25, 0.3) is 0 Å². The van der Waals surface area contributed by atoms with Crippen molar-refractivity contribution in [1.82, 2.24) is 19.9 Å². The first-order chi connectivity index (χ1) is 17.9. The fraction of sp³-hybridized carbons (Fsp3) is 0.520. The average molecular weight is 533 g/mol. The fourth-order valence-electron chi connectivity index (χ4n) is 4.09. The molecule has 11 nitrogen and oxygen atoms in total. The molecule has 2 amide bonds. The summed E-state index contributed by atoms with van der Waals surface area (Å²) in [4.78, 5) is 44.9. The van der Waals surface area contributed by atoms with Gasteiger partial charge in [0.05, 0.1) is 31.5 Å². The summed E-state index contributed by atoms with van der Waals surface area (Å²) >= 11 is 6.13. The van der Waals surface area contributed by atoms with Crippen molar-refractivity contribution >= 4 is 29.2 Å². The molecule has 2 aromatic rings. The molecule has 1 aliphatic carbocycles. The predicted molar refractivity (Wildman–Crippen MR) is 140 cm³/mol. The first-order valence-corrected chi connectivity index (χ1v) is 12.8. The molecule has 2 aliphatic rings. The van der Waals surface area contributed by atoms with Crippen LogP contribution in [0.2, 0.25) is 5.02 Å². The number of likely N-dealkylation sites (N-methyl/N-ethyl adjacent to an activating group) is 1. The van der Waals surface area contributed by atoms with Gasteiger partial charge in [-0.1, -0.05) is 11.6 Å². The van der Waals surface area contributed by atoms with Gasteiger partial charge in [-0.15, -0.1) is 0 Å². The minimum atomic E-state index is -0.832. The maximum atomic E-state index is 13.3. The van der Waals surface area contributed by atoms with E-state index >= 15 is 0 Å². The summed E-state index contributed by atoms with van der Waals surface area (Å²) in [7, 11) is 1.55. The minimum Gasteiger partial charge on any atom is -0.480 e. The summed E-state index contributed by atoms with van der Waals surface area (Å²) in [5.74, 6) is -0.0726. The summed E-state index contributed by atoms with van der Waals surface area (Å²) < 4.78 is 12.7. The summed E-state index contributed by atoms with van der Waals surface area (Å²) in [5, 5.41) is 6.13. The second-order valence-electron chi connectivity index (χ2n) is 9.22. The molecule has 200 valence electrons. The van der Waals surface area contributed by atoms with Crippen LogP contribution in [-0.2, 0) is 20.7 Å². The van der Waals surface area contributed by atoms with Gasteiger partial charge in [0.15, 0.2) is 11.9 Å². The van der Waals surface area contributed by atoms with Crippen molar-refractivity contribution in [2.24, 2.45) is 5.92 Å². The van der Waals surface area contributed by atoms with Gasteiger partial charge in [0, 0.05) is 49.7 Å². The van der Waals surface area contributed by atoms with Gasteiger partial charge in [-0.05, 0) is 38.0 Å². The number of aromatic nitrogens is 2. The molecule has 2 fully saturated rings. The molecule has 1 aromatic carbocycles. The van der Waals surface area contributed by atoms with Crippen LogP contribution in [0.1, 0.15) is 24.1 Å². The Morgan fingerprint density at radius 1 is 1.27 bits per heavy atom. The lowest BCUT2D eigenvalue weighted by atomic mass is 10.1. The highest BCUT2D eigenvalue weighted by Gasteiger charge is 2.39. The molecule has 0 bridgehead atoms. The van der Waals surface area contributed by atoms with Crippen LogP contribution in [0.5, 0.6) is 5.75 Å². The Morgan fingerprint density at radius 2 is 2.03 bits per heavy atom. The first kappa shape index (κ1) is 26.9. The fourth-order valence-corrected chi connectivity index (χ4v) is 4.28. The molecule has 3 N–H and O–H groups in total. The standard InChI is InChI=1S/C25H33ClN6O5/c1-16-15-29-23(28-7-8-31-9-11-36-12-10-31)25(35)32(16)30-24(34)22(17-3-4-17)37-20-6-5-19(26)13-18(20)14-21(33)27-2/h5-6,13,15,17,22H,3-4,7-12,14H2,1-2H3,(H,27,33)(H,28,29)(H,30,34). The molecular formula is C25H33ClN6O5. The molecular weight excluding hydrogens is 500 g/mol. The molecule has 1 saturated carbocycles. The Morgan fingerprint density at radius 3 is 2.73 bits per heavy atom. The molecule has 4 rings (SSSR count). The number of halogens is 1. The van der Waals surface area contributed by atoms with Crippen molar-refractivity contribution in [3.8, 4) is 5.75 Å². The molecule has 1 saturated heterocycles. The van der Waals surface area contributed by atoms with Crippen molar-refractivity contribution in [3.63, 3.8) is 0 Å². The monoisotopic (exact) mass is 532 g/mol. The molecule has 1 aromatic heterocycles. The van der Waals surface area contributed by atoms with Gasteiger partial charge in [0.1, 0.15) is 5.75 Å². The predicted octanol–water partition coefficient (Wildman–Crippen LogP) is 1.17. The molecule has 1 atom stereocenters. The van der Waals surface area contributed by atoms with E-state index in [1.165, 1.54) is 10.9 Å². The highest BCUT2D eigenvalue weighted by molar-refractivity contribution is 6.30. The molecule has 2 heterocycles. The number of ether oxygens (including phenoxy) is 2. The third-order valence-corrected chi connectivity index (χ3v) is 6.64. The van der Waals surface area contributed by atoms with Gasteiger partial charge in [-0.2, -0.15) is 0 Å². The topological polar surface area (TPSA) is 127 Å². The number of carbonyl (C=O) groups excluding carboxylic acids is 2. The quantitative estimate of drug-likeness (QED) is 0.393. The lowest BCUT2D eigenvalue weighted by molar-refractivity contribution is -0.124. The van der Waals surface area contributed by atoms with Crippen molar-refractivity contribution in [2.45, 2.75) is 32.3 Å². The lowest BCUT2D eigenvalue weighted by Gasteiger charge is -2.26. The van der Waals surface area contributed by atoms with E-state index in [4.69, 9.17) is 21.1 Å². The van der Waals surface area contributed by atoms with Crippen LogP contribution in [0.3, 0.4) is 0 Å². The summed E-state index contributed by atoms with van der Waals surface area (Å²) in [6.07, 6.45) is 2.42. The van der Waals surface area contributed by atoms with Crippen molar-refractivity contribution < 1.29 is 19.1 Å². The van der Waals surface area contributed by atoms with Gasteiger partial charge in [0.2, 0.25) is 5.91 Å². The number of carbonyl (C=O) groups is 2. The smallest absolute Gasteiger partial charge is 0.312 e. The van der Waals surface area contributed by atoms with Gasteiger partial charge in [-0.25, -0.2) is 9.66 Å². The van der Waals surface area contributed by atoms with Crippen LogP contribution in [0, 0.1) is 12.8 Å². The van der Waals surface area contributed by atoms with Crippen LogP contribution in [0.15, 0.2) is 29.2 Å². The van der Waals surface area contributed by atoms with Gasteiger partial charge < -0.3 is 20.1 Å². The first-order valence-electron chi connectivity index (χ1n) is 12.4. The second kappa shape index (κ2) is 12.4. The third kappa shape index (κ3) is 7.21. The number of benzene rings is 1. The largest absolute Gasteiger partial charge is 0.480 e. The summed E-state index contributed by atoms with van der Waals surface area (Å²) in [5.41, 5.74) is 3.33. The van der Waals surface area contributed by atoms with Crippen LogP contribution in [-0.4, -0.2) is 78.9 Å². The van der Waals surface area contributed by atoms with E-state index in [1.54, 1.807) is 32.2 Å². The lowest BCUT2D eigenvalue weighted by Crippen LogP contribution is -2.44.